The van der Waals surface area contributed by atoms with Gasteiger partial charge in [-0.2, -0.15) is 4.98 Å². The molecule has 3 aromatic carbocycles. The average Bonchev–Trinajstić information content (AvgIpc) is 3.69. The van der Waals surface area contributed by atoms with E-state index >= 15 is 8.78 Å². The zero-order valence-electron chi connectivity index (χ0n) is 34.4. The van der Waals surface area contributed by atoms with Crippen molar-refractivity contribution in [2.45, 2.75) is 57.4 Å². The van der Waals surface area contributed by atoms with Crippen LogP contribution >= 0.6 is 15.9 Å². The highest BCUT2D eigenvalue weighted by atomic mass is 79.9. The van der Waals surface area contributed by atoms with E-state index < -0.39 is 39.4 Å². The Morgan fingerprint density at radius 1 is 0.934 bits per heavy atom. The molecule has 4 aliphatic rings. The largest absolute Gasteiger partial charge is 0.494 e. The number of hydrogen-bond donors (Lipinski definition) is 3. The monoisotopic (exact) mass is 921 g/mol. The number of benzene rings is 3. The molecule has 0 spiro atoms. The van der Waals surface area contributed by atoms with Gasteiger partial charge in [0.15, 0.2) is 0 Å². The molecule has 1 unspecified atom stereocenters. The van der Waals surface area contributed by atoms with Crippen LogP contribution in [0.3, 0.4) is 0 Å². The van der Waals surface area contributed by atoms with E-state index in [0.29, 0.717) is 76.6 Å². The maximum absolute atomic E-state index is 15.1. The zero-order valence-corrected chi connectivity index (χ0v) is 36.8. The number of halogens is 3. The molecule has 14 nitrogen and oxygen atoms in total. The number of sulfonamides is 1. The van der Waals surface area contributed by atoms with Gasteiger partial charge in [0.1, 0.15) is 23.2 Å². The molecule has 324 valence electrons. The van der Waals surface area contributed by atoms with Crippen molar-refractivity contribution < 1.29 is 31.5 Å². The molecule has 4 aromatic rings. The number of para-hydroxylation sites is 1. The first-order chi connectivity index (χ1) is 29.2. The minimum Gasteiger partial charge on any atom is -0.494 e. The Hall–Kier alpha value is -4.91. The summed E-state index contributed by atoms with van der Waals surface area (Å²) in [4.78, 5) is 40.2. The molecule has 5 heterocycles. The SMILES string of the molecule is COc1cc(N2CCC(N3CCN(CCc4cc(F)c(C5CCC(=O)NC5=O)cc4F)CC3)CC2)c(C)cc1Nc1ncc(Br)c(Nc2cccc3c2N(S(C)(=O)=O)CC3)n1. The minimum atomic E-state index is -3.45. The van der Waals surface area contributed by atoms with Crippen molar-refractivity contribution in [1.82, 2.24) is 25.1 Å². The normalized spacial score (nSPS) is 19.2. The Kier molecular flexibility index (Phi) is 12.5. The quantitative estimate of drug-likeness (QED) is 0.143. The van der Waals surface area contributed by atoms with Gasteiger partial charge in [-0.1, -0.05) is 12.1 Å². The number of ether oxygens (including phenoxy) is 1. The highest BCUT2D eigenvalue weighted by molar-refractivity contribution is 9.10. The van der Waals surface area contributed by atoms with Crippen LogP contribution < -0.4 is 29.9 Å². The molecule has 3 saturated heterocycles. The van der Waals surface area contributed by atoms with Crippen LogP contribution in [0.4, 0.5) is 43.3 Å². The maximum atomic E-state index is 15.1. The Bertz CT molecular complexity index is 2450. The van der Waals surface area contributed by atoms with E-state index in [1.807, 2.05) is 24.3 Å². The number of carbonyl (C=O) groups excluding carboxylic acids is 2. The van der Waals surface area contributed by atoms with Crippen LogP contribution in [0, 0.1) is 18.6 Å². The molecule has 1 atom stereocenters. The number of nitrogens with one attached hydrogen (secondary N) is 3. The fourth-order valence-corrected chi connectivity index (χ4v) is 10.3. The minimum absolute atomic E-state index is 0.00408. The van der Waals surface area contributed by atoms with E-state index in [1.54, 1.807) is 13.3 Å². The summed E-state index contributed by atoms with van der Waals surface area (Å²) in [6, 6.07) is 12.6. The van der Waals surface area contributed by atoms with Gasteiger partial charge in [-0.05, 0) is 95.9 Å². The van der Waals surface area contributed by atoms with E-state index in [0.717, 1.165) is 75.0 Å². The molecule has 0 bridgehead atoms. The van der Waals surface area contributed by atoms with Gasteiger partial charge in [0, 0.05) is 88.3 Å². The van der Waals surface area contributed by atoms with E-state index in [2.05, 4.69) is 64.6 Å². The Morgan fingerprint density at radius 3 is 2.43 bits per heavy atom. The summed E-state index contributed by atoms with van der Waals surface area (Å²) in [6.07, 6.45) is 6.16. The number of imide groups is 1. The van der Waals surface area contributed by atoms with Crippen molar-refractivity contribution >= 4 is 72.3 Å². The molecule has 3 fully saturated rings. The summed E-state index contributed by atoms with van der Waals surface area (Å²) in [6.45, 7) is 8.38. The van der Waals surface area contributed by atoms with E-state index in [1.165, 1.54) is 16.6 Å². The molecule has 18 heteroatoms. The van der Waals surface area contributed by atoms with E-state index in [9.17, 15) is 18.0 Å². The summed E-state index contributed by atoms with van der Waals surface area (Å²) in [5.74, 6) is -1.50. The number of carbonyl (C=O) groups is 2. The number of hydrogen-bond acceptors (Lipinski definition) is 12. The van der Waals surface area contributed by atoms with Crippen LogP contribution in [0.1, 0.15) is 53.9 Å². The second-order valence-corrected chi connectivity index (χ2v) is 19.0. The number of piperazine rings is 1. The lowest BCUT2D eigenvalue weighted by molar-refractivity contribution is -0.134. The molecule has 3 N–H and O–H groups in total. The van der Waals surface area contributed by atoms with Crippen molar-refractivity contribution in [1.29, 1.82) is 0 Å². The molecule has 0 radical (unpaired) electrons. The van der Waals surface area contributed by atoms with Crippen LogP contribution in [-0.2, 0) is 32.5 Å². The fourth-order valence-electron chi connectivity index (χ4n) is 9.06. The first kappa shape index (κ1) is 42.8. The van der Waals surface area contributed by atoms with Crippen LogP contribution in [0.15, 0.2) is 53.1 Å². The molecule has 2 amide bonds. The standard InChI is InChI=1S/C43H50BrF2N9O5S/c1-26-21-36(49-43-47-25-32(44)41(51-43)48-35-6-4-5-27-10-16-55(40(27)35)61(3,58)59)38(60-2)24-37(26)54-14-11-29(12-15-54)53-19-17-52(18-20-53)13-9-28-22-34(46)31(23-33(28)45)30-7-8-39(56)50-42(30)57/h4-6,21-25,29-30H,7-20H2,1-3H3,(H,50,56,57)(H2,47,48,49,51). The van der Waals surface area contributed by atoms with Gasteiger partial charge in [-0.25, -0.2) is 22.2 Å². The lowest BCUT2D eigenvalue weighted by atomic mass is 9.89. The van der Waals surface area contributed by atoms with Gasteiger partial charge >= 0.3 is 0 Å². The van der Waals surface area contributed by atoms with Crippen LogP contribution in [0.5, 0.6) is 5.75 Å². The van der Waals surface area contributed by atoms with Crippen molar-refractivity contribution in [2.75, 3.05) is 85.6 Å². The first-order valence-corrected chi connectivity index (χ1v) is 23.3. The second-order valence-electron chi connectivity index (χ2n) is 16.2. The molecule has 4 aliphatic heterocycles. The predicted molar refractivity (Wildman–Crippen MR) is 235 cm³/mol. The molecule has 8 rings (SSSR count). The number of anilines is 6. The second kappa shape index (κ2) is 17.8. The Labute approximate surface area is 363 Å². The van der Waals surface area contributed by atoms with Gasteiger partial charge < -0.3 is 25.2 Å². The number of rotatable bonds is 12. The predicted octanol–water partition coefficient (Wildman–Crippen LogP) is 5.99. The summed E-state index contributed by atoms with van der Waals surface area (Å²) in [5.41, 5.74) is 5.40. The van der Waals surface area contributed by atoms with Crippen molar-refractivity contribution in [2.24, 2.45) is 0 Å². The van der Waals surface area contributed by atoms with Gasteiger partial charge in [-0.15, -0.1) is 0 Å². The summed E-state index contributed by atoms with van der Waals surface area (Å²) >= 11 is 3.55. The van der Waals surface area contributed by atoms with Crippen molar-refractivity contribution in [3.63, 3.8) is 0 Å². The highest BCUT2D eigenvalue weighted by Gasteiger charge is 2.33. The smallest absolute Gasteiger partial charge is 0.234 e. The summed E-state index contributed by atoms with van der Waals surface area (Å²) in [7, 11) is -1.82. The lowest BCUT2D eigenvalue weighted by Crippen LogP contribution is -2.53. The van der Waals surface area contributed by atoms with Gasteiger partial charge in [0.05, 0.1) is 40.8 Å². The average molecular weight is 923 g/mol. The molecule has 0 aliphatic carbocycles. The van der Waals surface area contributed by atoms with Gasteiger partial charge in [0.2, 0.25) is 27.8 Å². The third-order valence-corrected chi connectivity index (χ3v) is 14.1. The first-order valence-electron chi connectivity index (χ1n) is 20.6. The van der Waals surface area contributed by atoms with Crippen LogP contribution in [-0.4, -0.2) is 112 Å². The lowest BCUT2D eigenvalue weighted by Gasteiger charge is -2.43. The number of amides is 2. The van der Waals surface area contributed by atoms with Crippen molar-refractivity contribution in [3.05, 3.63) is 87.0 Å². The summed E-state index contributed by atoms with van der Waals surface area (Å²) in [5, 5.41) is 8.87. The number of fused-ring (bicyclic) bond motifs is 1. The molecule has 61 heavy (non-hydrogen) atoms. The Morgan fingerprint density at radius 2 is 1.70 bits per heavy atom. The van der Waals surface area contributed by atoms with Crippen LogP contribution in [0.2, 0.25) is 0 Å². The van der Waals surface area contributed by atoms with E-state index in [-0.39, 0.29) is 18.4 Å². The van der Waals surface area contributed by atoms with Gasteiger partial charge in [-0.3, -0.25) is 24.1 Å². The van der Waals surface area contributed by atoms with E-state index in [4.69, 9.17) is 9.72 Å². The van der Waals surface area contributed by atoms with Crippen molar-refractivity contribution in [3.8, 4) is 5.75 Å². The van der Waals surface area contributed by atoms with Gasteiger partial charge in [0.25, 0.3) is 0 Å². The number of nitrogens with zero attached hydrogens (tertiary/aromatic N) is 6. The zero-order chi connectivity index (χ0) is 43.0. The third-order valence-electron chi connectivity index (χ3n) is 12.3. The maximum Gasteiger partial charge on any atom is 0.234 e. The topological polar surface area (TPSA) is 152 Å². The third kappa shape index (κ3) is 9.32. The fraction of sp³-hybridized carbons (Fsp3) is 0.442. The molecule has 1 aromatic heterocycles. The molecular formula is C43H50BrF2N9O5S. The number of methoxy groups -OCH3 is 1. The number of aryl methyl sites for hydroxylation is 1. The number of piperidine rings is 2. The molecular weight excluding hydrogens is 872 g/mol. The Balaban J connectivity index is 0.845. The molecule has 0 saturated carbocycles. The summed E-state index contributed by atoms with van der Waals surface area (Å²) < 4.78 is 63.2. The number of aromatic nitrogens is 2. The van der Waals surface area contributed by atoms with Crippen LogP contribution in [0.25, 0.3) is 0 Å². The highest BCUT2D eigenvalue weighted by Crippen LogP contribution is 2.40.